The summed E-state index contributed by atoms with van der Waals surface area (Å²) in [5.41, 5.74) is 1.37. The van der Waals surface area contributed by atoms with Crippen LogP contribution < -0.4 is 5.32 Å². The van der Waals surface area contributed by atoms with Gasteiger partial charge in [-0.2, -0.15) is 0 Å². The molecule has 0 saturated heterocycles. The Morgan fingerprint density at radius 1 is 1.10 bits per heavy atom. The largest absolute Gasteiger partial charge is 0.345 e. The van der Waals surface area contributed by atoms with Crippen LogP contribution in [0.5, 0.6) is 0 Å². The molecule has 1 amide bonds. The van der Waals surface area contributed by atoms with Crippen LogP contribution in [-0.2, 0) is 0 Å². The Morgan fingerprint density at radius 3 is 2.38 bits per heavy atom. The molecular formula is C16H14Cl3NO. The Hall–Kier alpha value is -1.22. The van der Waals surface area contributed by atoms with E-state index in [4.69, 9.17) is 34.8 Å². The van der Waals surface area contributed by atoms with Gasteiger partial charge in [0.2, 0.25) is 0 Å². The average molecular weight is 343 g/mol. The number of hydrogen-bond donors (Lipinski definition) is 1. The van der Waals surface area contributed by atoms with Crippen molar-refractivity contribution in [3.63, 3.8) is 0 Å². The van der Waals surface area contributed by atoms with E-state index in [0.29, 0.717) is 15.6 Å². The van der Waals surface area contributed by atoms with E-state index >= 15 is 0 Å². The molecule has 21 heavy (non-hydrogen) atoms. The van der Waals surface area contributed by atoms with Crippen molar-refractivity contribution in [3.8, 4) is 0 Å². The summed E-state index contributed by atoms with van der Waals surface area (Å²) in [6, 6.07) is 12.3. The molecule has 0 aliphatic carbocycles. The molecule has 0 saturated carbocycles. The second kappa shape index (κ2) is 7.17. The number of carbonyl (C=O) groups is 1. The molecule has 1 atom stereocenters. The standard InChI is InChI=1S/C16H14Cl3NO/c1-2-14(10-6-8-11(17)9-7-10)20-16(21)12-4-3-5-13(18)15(12)19/h3-9,14H,2H2,1H3,(H,20,21). The van der Waals surface area contributed by atoms with E-state index in [1.54, 1.807) is 30.3 Å². The molecule has 0 bridgehead atoms. The number of nitrogens with one attached hydrogen (secondary N) is 1. The maximum atomic E-state index is 12.3. The van der Waals surface area contributed by atoms with Gasteiger partial charge in [0.05, 0.1) is 21.7 Å². The van der Waals surface area contributed by atoms with Crippen molar-refractivity contribution in [1.29, 1.82) is 0 Å². The summed E-state index contributed by atoms with van der Waals surface area (Å²) >= 11 is 17.9. The fourth-order valence-corrected chi connectivity index (χ4v) is 2.54. The van der Waals surface area contributed by atoms with E-state index in [1.165, 1.54) is 0 Å². The van der Waals surface area contributed by atoms with Gasteiger partial charge in [0.1, 0.15) is 0 Å². The van der Waals surface area contributed by atoms with E-state index in [1.807, 2.05) is 19.1 Å². The smallest absolute Gasteiger partial charge is 0.253 e. The van der Waals surface area contributed by atoms with Gasteiger partial charge in [-0.1, -0.05) is 59.9 Å². The lowest BCUT2D eigenvalue weighted by atomic mass is 10.0. The minimum absolute atomic E-state index is 0.107. The summed E-state index contributed by atoms with van der Waals surface area (Å²) in [5.74, 6) is -0.246. The molecular weight excluding hydrogens is 329 g/mol. The highest BCUT2D eigenvalue weighted by Crippen LogP contribution is 2.26. The predicted octanol–water partition coefficient (Wildman–Crippen LogP) is 5.53. The minimum atomic E-state index is -0.246. The normalized spacial score (nSPS) is 12.0. The average Bonchev–Trinajstić information content (AvgIpc) is 2.48. The first-order chi connectivity index (χ1) is 10.0. The highest BCUT2D eigenvalue weighted by Gasteiger charge is 2.17. The van der Waals surface area contributed by atoms with Crippen molar-refractivity contribution < 1.29 is 4.79 Å². The summed E-state index contributed by atoms with van der Waals surface area (Å²) in [6.45, 7) is 2.00. The van der Waals surface area contributed by atoms with Crippen LogP contribution in [0.1, 0.15) is 35.3 Å². The molecule has 0 radical (unpaired) electrons. The molecule has 2 aromatic rings. The van der Waals surface area contributed by atoms with Crippen molar-refractivity contribution >= 4 is 40.7 Å². The van der Waals surface area contributed by atoms with Crippen molar-refractivity contribution in [1.82, 2.24) is 5.32 Å². The van der Waals surface area contributed by atoms with Gasteiger partial charge in [-0.05, 0) is 36.2 Å². The van der Waals surface area contributed by atoms with Crippen LogP contribution in [0.3, 0.4) is 0 Å². The van der Waals surface area contributed by atoms with Crippen LogP contribution in [0.15, 0.2) is 42.5 Å². The van der Waals surface area contributed by atoms with E-state index in [0.717, 1.165) is 12.0 Å². The molecule has 1 unspecified atom stereocenters. The molecule has 0 aliphatic rings. The third-order valence-electron chi connectivity index (χ3n) is 3.18. The second-order valence-electron chi connectivity index (χ2n) is 4.59. The molecule has 0 aromatic heterocycles. The summed E-state index contributed by atoms with van der Waals surface area (Å²) in [7, 11) is 0. The fourth-order valence-electron chi connectivity index (χ4n) is 2.03. The van der Waals surface area contributed by atoms with Crippen molar-refractivity contribution in [3.05, 3.63) is 68.7 Å². The van der Waals surface area contributed by atoms with Crippen LogP contribution in [0.2, 0.25) is 15.1 Å². The van der Waals surface area contributed by atoms with Gasteiger partial charge in [0.25, 0.3) is 5.91 Å². The number of carbonyl (C=O) groups excluding carboxylic acids is 1. The fraction of sp³-hybridized carbons (Fsp3) is 0.188. The van der Waals surface area contributed by atoms with E-state index in [2.05, 4.69) is 5.32 Å². The number of halogens is 3. The molecule has 2 aromatic carbocycles. The molecule has 0 fully saturated rings. The van der Waals surface area contributed by atoms with E-state index < -0.39 is 0 Å². The Morgan fingerprint density at radius 2 is 1.76 bits per heavy atom. The van der Waals surface area contributed by atoms with Gasteiger partial charge in [-0.25, -0.2) is 0 Å². The topological polar surface area (TPSA) is 29.1 Å². The predicted molar refractivity (Wildman–Crippen MR) is 88.4 cm³/mol. The quantitative estimate of drug-likeness (QED) is 0.778. The first-order valence-corrected chi connectivity index (χ1v) is 7.66. The number of hydrogen-bond acceptors (Lipinski definition) is 1. The Labute approximate surface area is 139 Å². The van der Waals surface area contributed by atoms with Gasteiger partial charge in [0.15, 0.2) is 0 Å². The Bertz CT molecular complexity index is 640. The van der Waals surface area contributed by atoms with E-state index in [9.17, 15) is 4.79 Å². The third kappa shape index (κ3) is 3.91. The second-order valence-corrected chi connectivity index (χ2v) is 5.81. The highest BCUT2D eigenvalue weighted by atomic mass is 35.5. The minimum Gasteiger partial charge on any atom is -0.345 e. The SMILES string of the molecule is CCC(NC(=O)c1cccc(Cl)c1Cl)c1ccc(Cl)cc1. The zero-order valence-electron chi connectivity index (χ0n) is 11.4. The molecule has 5 heteroatoms. The highest BCUT2D eigenvalue weighted by molar-refractivity contribution is 6.43. The van der Waals surface area contributed by atoms with Crippen LogP contribution >= 0.6 is 34.8 Å². The van der Waals surface area contributed by atoms with Crippen LogP contribution in [0.4, 0.5) is 0 Å². The molecule has 0 aliphatic heterocycles. The summed E-state index contributed by atoms with van der Waals surface area (Å²) in [5, 5.41) is 4.26. The molecule has 0 spiro atoms. The third-order valence-corrected chi connectivity index (χ3v) is 4.25. The molecule has 0 heterocycles. The maximum absolute atomic E-state index is 12.3. The molecule has 1 N–H and O–H groups in total. The lowest BCUT2D eigenvalue weighted by Crippen LogP contribution is -2.28. The molecule has 110 valence electrons. The number of rotatable bonds is 4. The Kier molecular flexibility index (Phi) is 5.51. The zero-order chi connectivity index (χ0) is 15.4. The number of amides is 1. The monoisotopic (exact) mass is 341 g/mol. The van der Waals surface area contributed by atoms with Crippen molar-refractivity contribution in [2.24, 2.45) is 0 Å². The van der Waals surface area contributed by atoms with Gasteiger partial charge < -0.3 is 5.32 Å². The summed E-state index contributed by atoms with van der Waals surface area (Å²) in [4.78, 5) is 12.3. The van der Waals surface area contributed by atoms with Crippen molar-refractivity contribution in [2.45, 2.75) is 19.4 Å². The lowest BCUT2D eigenvalue weighted by Gasteiger charge is -2.18. The van der Waals surface area contributed by atoms with Gasteiger partial charge >= 0.3 is 0 Å². The van der Waals surface area contributed by atoms with Crippen LogP contribution in [0, 0.1) is 0 Å². The molecule has 2 nitrogen and oxygen atoms in total. The van der Waals surface area contributed by atoms with Crippen LogP contribution in [-0.4, -0.2) is 5.91 Å². The first kappa shape index (κ1) is 16.2. The zero-order valence-corrected chi connectivity index (χ0v) is 13.6. The van der Waals surface area contributed by atoms with Gasteiger partial charge in [-0.3, -0.25) is 4.79 Å². The summed E-state index contributed by atoms with van der Waals surface area (Å²) < 4.78 is 0. The Balaban J connectivity index is 2.20. The van der Waals surface area contributed by atoms with Crippen molar-refractivity contribution in [2.75, 3.05) is 0 Å². The van der Waals surface area contributed by atoms with Gasteiger partial charge in [0, 0.05) is 5.02 Å². The summed E-state index contributed by atoms with van der Waals surface area (Å²) in [6.07, 6.45) is 0.756. The maximum Gasteiger partial charge on any atom is 0.253 e. The van der Waals surface area contributed by atoms with E-state index in [-0.39, 0.29) is 17.0 Å². The lowest BCUT2D eigenvalue weighted by molar-refractivity contribution is 0.0935. The van der Waals surface area contributed by atoms with Crippen LogP contribution in [0.25, 0.3) is 0 Å². The molecule has 2 rings (SSSR count). The number of benzene rings is 2. The first-order valence-electron chi connectivity index (χ1n) is 6.53. The van der Waals surface area contributed by atoms with Gasteiger partial charge in [-0.15, -0.1) is 0 Å².